The molecule has 1 aromatic carbocycles. The van der Waals surface area contributed by atoms with E-state index in [1.54, 1.807) is 24.3 Å². The Morgan fingerprint density at radius 3 is 2.55 bits per heavy atom. The number of aromatic nitrogens is 1. The molecule has 0 bridgehead atoms. The van der Waals surface area contributed by atoms with E-state index in [0.717, 1.165) is 0 Å². The third-order valence-corrected chi connectivity index (χ3v) is 3.72. The van der Waals surface area contributed by atoms with Crippen molar-refractivity contribution in [3.05, 3.63) is 30.5 Å². The Bertz CT molecular complexity index is 656. The first-order valence-electron chi connectivity index (χ1n) is 6.79. The summed E-state index contributed by atoms with van der Waals surface area (Å²) >= 11 is 0. The standard InChI is InChI=1S/C14H17NO7/c16-6-10-11(18)12(19)13(20)14(21-10)22-15-5-9(17)7-3-1-2-4-8(7)15/h1-5,10-14,16-20H,6H2/t10-,11-,12+,13+,14-/m1/s1. The van der Waals surface area contributed by atoms with Crippen LogP contribution in [0, 0.1) is 0 Å². The van der Waals surface area contributed by atoms with Crippen molar-refractivity contribution in [1.82, 2.24) is 4.73 Å². The molecule has 0 amide bonds. The number of aliphatic hydroxyl groups excluding tert-OH is 4. The molecule has 5 atom stereocenters. The highest BCUT2D eigenvalue weighted by atomic mass is 16.8. The monoisotopic (exact) mass is 311 g/mol. The van der Waals surface area contributed by atoms with Crippen LogP contribution >= 0.6 is 0 Å². The van der Waals surface area contributed by atoms with E-state index in [-0.39, 0.29) is 5.75 Å². The number of para-hydroxylation sites is 1. The van der Waals surface area contributed by atoms with Crippen molar-refractivity contribution in [2.24, 2.45) is 0 Å². The molecule has 0 spiro atoms. The first-order valence-corrected chi connectivity index (χ1v) is 6.79. The van der Waals surface area contributed by atoms with E-state index in [2.05, 4.69) is 0 Å². The fraction of sp³-hybridized carbons (Fsp3) is 0.429. The lowest BCUT2D eigenvalue weighted by atomic mass is 9.99. The van der Waals surface area contributed by atoms with Crippen LogP contribution in [-0.2, 0) is 4.74 Å². The third kappa shape index (κ3) is 2.40. The topological polar surface area (TPSA) is 125 Å². The Labute approximate surface area is 125 Å². The highest BCUT2D eigenvalue weighted by molar-refractivity contribution is 5.86. The van der Waals surface area contributed by atoms with Gasteiger partial charge in [0.15, 0.2) is 0 Å². The highest BCUT2D eigenvalue weighted by Crippen LogP contribution is 2.27. The summed E-state index contributed by atoms with van der Waals surface area (Å²) in [5.41, 5.74) is 0.539. The van der Waals surface area contributed by atoms with E-state index in [1.807, 2.05) is 0 Å². The lowest BCUT2D eigenvalue weighted by Crippen LogP contribution is -2.61. The highest BCUT2D eigenvalue weighted by Gasteiger charge is 2.45. The first-order chi connectivity index (χ1) is 10.5. The van der Waals surface area contributed by atoms with Gasteiger partial charge in [-0.1, -0.05) is 12.1 Å². The lowest BCUT2D eigenvalue weighted by Gasteiger charge is -2.39. The Kier molecular flexibility index (Phi) is 3.94. The molecule has 8 heteroatoms. The van der Waals surface area contributed by atoms with Crippen molar-refractivity contribution in [3.63, 3.8) is 0 Å². The smallest absolute Gasteiger partial charge is 0.254 e. The molecule has 0 aliphatic carbocycles. The SMILES string of the molecule is OC[C@H]1O[C@H](On2cc(O)c3ccccc32)[C@@H](O)[C@@H](O)[C@@H]1O. The zero-order valence-electron chi connectivity index (χ0n) is 11.5. The zero-order valence-corrected chi connectivity index (χ0v) is 11.5. The fourth-order valence-electron chi connectivity index (χ4n) is 2.49. The molecule has 2 heterocycles. The Morgan fingerprint density at radius 2 is 1.82 bits per heavy atom. The summed E-state index contributed by atoms with van der Waals surface area (Å²) < 4.78 is 6.46. The minimum atomic E-state index is -1.52. The van der Waals surface area contributed by atoms with Gasteiger partial charge >= 0.3 is 0 Å². The summed E-state index contributed by atoms with van der Waals surface area (Å²) in [6, 6.07) is 6.88. The molecule has 0 saturated carbocycles. The van der Waals surface area contributed by atoms with Crippen LogP contribution in [0.1, 0.15) is 0 Å². The van der Waals surface area contributed by atoms with Gasteiger partial charge in [0.2, 0.25) is 0 Å². The molecule has 22 heavy (non-hydrogen) atoms. The zero-order chi connectivity index (χ0) is 15.9. The van der Waals surface area contributed by atoms with Gasteiger partial charge in [0, 0.05) is 5.39 Å². The van der Waals surface area contributed by atoms with Crippen molar-refractivity contribution in [2.45, 2.75) is 30.7 Å². The van der Waals surface area contributed by atoms with Crippen molar-refractivity contribution >= 4 is 10.9 Å². The molecular weight excluding hydrogens is 294 g/mol. The first kappa shape index (κ1) is 15.1. The van der Waals surface area contributed by atoms with Gasteiger partial charge in [0.05, 0.1) is 18.3 Å². The third-order valence-electron chi connectivity index (χ3n) is 3.72. The number of nitrogens with zero attached hydrogens (tertiary/aromatic N) is 1. The molecule has 3 rings (SSSR count). The van der Waals surface area contributed by atoms with Gasteiger partial charge in [-0.15, -0.1) is 0 Å². The summed E-state index contributed by atoms with van der Waals surface area (Å²) in [6.07, 6.45) is -5.56. The molecule has 8 nitrogen and oxygen atoms in total. The average molecular weight is 311 g/mol. The number of fused-ring (bicyclic) bond motifs is 1. The summed E-state index contributed by atoms with van der Waals surface area (Å²) in [5, 5.41) is 48.9. The van der Waals surface area contributed by atoms with Crippen LogP contribution < -0.4 is 4.84 Å². The molecular formula is C14H17NO7. The van der Waals surface area contributed by atoms with Crippen molar-refractivity contribution < 1.29 is 35.1 Å². The minimum absolute atomic E-state index is 0.0137. The van der Waals surface area contributed by atoms with Crippen LogP contribution in [0.25, 0.3) is 10.9 Å². The maximum absolute atomic E-state index is 9.94. The van der Waals surface area contributed by atoms with Crippen LogP contribution in [0.2, 0.25) is 0 Å². The summed E-state index contributed by atoms with van der Waals surface area (Å²) in [5.74, 6) is -0.0137. The van der Waals surface area contributed by atoms with Gasteiger partial charge in [-0.25, -0.2) is 0 Å². The molecule has 0 radical (unpaired) electrons. The van der Waals surface area contributed by atoms with Gasteiger partial charge in [-0.05, 0) is 12.1 Å². The Morgan fingerprint density at radius 1 is 1.09 bits per heavy atom. The van der Waals surface area contributed by atoms with E-state index in [9.17, 15) is 20.4 Å². The molecule has 120 valence electrons. The molecule has 2 aromatic rings. The largest absolute Gasteiger partial charge is 0.506 e. The second-order valence-corrected chi connectivity index (χ2v) is 5.16. The van der Waals surface area contributed by atoms with E-state index in [4.69, 9.17) is 14.7 Å². The normalized spacial score (nSPS) is 32.3. The molecule has 1 saturated heterocycles. The second-order valence-electron chi connectivity index (χ2n) is 5.16. The lowest BCUT2D eigenvalue weighted by molar-refractivity contribution is -0.299. The van der Waals surface area contributed by atoms with Crippen molar-refractivity contribution in [2.75, 3.05) is 6.61 Å². The van der Waals surface area contributed by atoms with Gasteiger partial charge in [-0.3, -0.25) is 0 Å². The molecule has 1 aromatic heterocycles. The Balaban J connectivity index is 1.87. The second kappa shape index (κ2) is 5.75. The summed E-state index contributed by atoms with van der Waals surface area (Å²) in [7, 11) is 0. The Hall–Kier alpha value is -1.84. The molecule has 0 unspecified atom stereocenters. The maximum atomic E-state index is 9.94. The molecule has 1 aliphatic heterocycles. The molecule has 5 N–H and O–H groups in total. The number of rotatable bonds is 3. The van der Waals surface area contributed by atoms with Gasteiger partial charge in [-0.2, -0.15) is 4.73 Å². The number of hydrogen-bond donors (Lipinski definition) is 5. The number of aliphatic hydroxyl groups is 4. The van der Waals surface area contributed by atoms with E-state index >= 15 is 0 Å². The predicted octanol–water partition coefficient (Wildman–Crippen LogP) is -1.42. The number of aromatic hydroxyl groups is 1. The van der Waals surface area contributed by atoms with Crippen LogP contribution in [0.5, 0.6) is 5.75 Å². The number of benzene rings is 1. The minimum Gasteiger partial charge on any atom is -0.506 e. The van der Waals surface area contributed by atoms with Gasteiger partial charge in [0.25, 0.3) is 6.29 Å². The maximum Gasteiger partial charge on any atom is 0.254 e. The van der Waals surface area contributed by atoms with Crippen molar-refractivity contribution in [3.8, 4) is 5.75 Å². The van der Waals surface area contributed by atoms with E-state index in [1.165, 1.54) is 10.9 Å². The van der Waals surface area contributed by atoms with Crippen LogP contribution in [-0.4, -0.2) is 67.6 Å². The van der Waals surface area contributed by atoms with Gasteiger partial charge in [0.1, 0.15) is 30.2 Å². The van der Waals surface area contributed by atoms with Crippen molar-refractivity contribution in [1.29, 1.82) is 0 Å². The van der Waals surface area contributed by atoms with E-state index < -0.39 is 37.3 Å². The number of ether oxygens (including phenoxy) is 1. The van der Waals surface area contributed by atoms with Crippen LogP contribution in [0.4, 0.5) is 0 Å². The predicted molar refractivity (Wildman–Crippen MR) is 74.0 cm³/mol. The van der Waals surface area contributed by atoms with E-state index in [0.29, 0.717) is 10.9 Å². The molecule has 1 fully saturated rings. The molecule has 1 aliphatic rings. The average Bonchev–Trinajstić information content (AvgIpc) is 2.84. The summed E-state index contributed by atoms with van der Waals surface area (Å²) in [6.45, 7) is -0.539. The van der Waals surface area contributed by atoms with Gasteiger partial charge < -0.3 is 35.1 Å². The van der Waals surface area contributed by atoms with Crippen LogP contribution in [0.3, 0.4) is 0 Å². The van der Waals surface area contributed by atoms with Crippen LogP contribution in [0.15, 0.2) is 30.5 Å². The quantitative estimate of drug-likeness (QED) is 0.471. The fourth-order valence-corrected chi connectivity index (χ4v) is 2.49. The number of hydrogen-bond acceptors (Lipinski definition) is 7. The summed E-state index contributed by atoms with van der Waals surface area (Å²) in [4.78, 5) is 5.45.